The van der Waals surface area contributed by atoms with E-state index in [2.05, 4.69) is 0 Å². The minimum atomic E-state index is -1.03. The van der Waals surface area contributed by atoms with Crippen molar-refractivity contribution in [3.63, 3.8) is 0 Å². The Hall–Kier alpha value is -0.790. The van der Waals surface area contributed by atoms with Crippen molar-refractivity contribution in [3.05, 3.63) is 0 Å². The molecule has 5 atom stereocenters. The van der Waals surface area contributed by atoms with Crippen LogP contribution in [0.25, 0.3) is 0 Å². The Morgan fingerprint density at radius 1 is 1.21 bits per heavy atom. The zero-order valence-corrected chi connectivity index (χ0v) is 12.3. The average molecular weight is 292 g/mol. The maximum absolute atomic E-state index is 11.1. The van der Waals surface area contributed by atoms with Crippen molar-refractivity contribution in [2.75, 3.05) is 5.75 Å². The largest absolute Gasteiger partial charge is 0.456 e. The predicted molar refractivity (Wildman–Crippen MR) is 69.6 cm³/mol. The third-order valence-corrected chi connectivity index (χ3v) is 3.74. The van der Waals surface area contributed by atoms with E-state index in [0.29, 0.717) is 0 Å². The highest BCUT2D eigenvalue weighted by Gasteiger charge is 2.47. The van der Waals surface area contributed by atoms with Gasteiger partial charge in [0.2, 0.25) is 0 Å². The Morgan fingerprint density at radius 3 is 2.21 bits per heavy atom. The number of hydrogen-bond donors (Lipinski definition) is 1. The van der Waals surface area contributed by atoms with Crippen LogP contribution in [-0.4, -0.2) is 52.6 Å². The molecular formula is C12H20O6S. The number of ether oxygens (including phenoxy) is 3. The fourth-order valence-corrected chi connectivity index (χ4v) is 2.91. The normalized spacial score (nSPS) is 34.7. The SMILES string of the molecule is CCS[C@H]1O[C@@H](C)[C@@H](OC(C)=O)[C@@H](OC(C)=O)[C@@H]1O. The monoisotopic (exact) mass is 292 g/mol. The topological polar surface area (TPSA) is 82.1 Å². The van der Waals surface area contributed by atoms with Gasteiger partial charge in [0.25, 0.3) is 0 Å². The van der Waals surface area contributed by atoms with Crippen LogP contribution in [0.15, 0.2) is 0 Å². The maximum Gasteiger partial charge on any atom is 0.303 e. The summed E-state index contributed by atoms with van der Waals surface area (Å²) in [5.74, 6) is -0.290. The van der Waals surface area contributed by atoms with Crippen LogP contribution in [0.3, 0.4) is 0 Å². The molecule has 0 aromatic carbocycles. The molecule has 1 aliphatic rings. The molecule has 0 amide bonds. The molecule has 0 aromatic rings. The number of aliphatic hydroxyl groups excluding tert-OH is 1. The molecule has 7 heteroatoms. The molecule has 1 aliphatic heterocycles. The lowest BCUT2D eigenvalue weighted by molar-refractivity contribution is -0.221. The first kappa shape index (κ1) is 16.3. The van der Waals surface area contributed by atoms with Gasteiger partial charge in [0.1, 0.15) is 11.5 Å². The Morgan fingerprint density at radius 2 is 1.74 bits per heavy atom. The minimum Gasteiger partial charge on any atom is -0.456 e. The van der Waals surface area contributed by atoms with Gasteiger partial charge < -0.3 is 19.3 Å². The van der Waals surface area contributed by atoms with E-state index in [-0.39, 0.29) is 0 Å². The predicted octanol–water partition coefficient (Wildman–Crippen LogP) is 0.709. The standard InChI is InChI=1S/C12H20O6S/c1-5-19-12-9(15)11(18-8(4)14)10(6(2)16-12)17-7(3)13/h6,9-12,15H,5H2,1-4H3/t6-,9-,10+,11-,12+/m0/s1. The van der Waals surface area contributed by atoms with E-state index in [1.165, 1.54) is 25.6 Å². The first-order valence-corrected chi connectivity index (χ1v) is 7.21. The summed E-state index contributed by atoms with van der Waals surface area (Å²) >= 11 is 1.41. The van der Waals surface area contributed by atoms with E-state index in [4.69, 9.17) is 14.2 Å². The molecule has 1 fully saturated rings. The summed E-state index contributed by atoms with van der Waals surface area (Å²) in [5.41, 5.74) is -0.504. The molecule has 1 saturated heterocycles. The first-order chi connectivity index (χ1) is 8.86. The van der Waals surface area contributed by atoms with Crippen molar-refractivity contribution in [1.82, 2.24) is 0 Å². The summed E-state index contributed by atoms with van der Waals surface area (Å²) in [7, 11) is 0. The van der Waals surface area contributed by atoms with E-state index in [1.807, 2.05) is 6.92 Å². The molecule has 1 rings (SSSR count). The van der Waals surface area contributed by atoms with Gasteiger partial charge in [-0.15, -0.1) is 11.8 Å². The second-order valence-electron chi connectivity index (χ2n) is 4.30. The highest BCUT2D eigenvalue weighted by Crippen LogP contribution is 2.31. The molecule has 0 unspecified atom stereocenters. The molecule has 0 bridgehead atoms. The Balaban J connectivity index is 2.88. The molecule has 6 nitrogen and oxygen atoms in total. The lowest BCUT2D eigenvalue weighted by Crippen LogP contribution is -2.58. The van der Waals surface area contributed by atoms with E-state index >= 15 is 0 Å². The van der Waals surface area contributed by atoms with Gasteiger partial charge in [-0.1, -0.05) is 6.92 Å². The Bertz CT molecular complexity index is 334. The van der Waals surface area contributed by atoms with Crippen molar-refractivity contribution < 1.29 is 28.9 Å². The van der Waals surface area contributed by atoms with E-state index < -0.39 is 41.8 Å². The van der Waals surface area contributed by atoms with E-state index in [0.717, 1.165) is 5.75 Å². The van der Waals surface area contributed by atoms with Crippen LogP contribution in [0.2, 0.25) is 0 Å². The second kappa shape index (κ2) is 7.12. The molecule has 0 aromatic heterocycles. The summed E-state index contributed by atoms with van der Waals surface area (Å²) in [4.78, 5) is 22.2. The van der Waals surface area contributed by atoms with Gasteiger partial charge in [-0.05, 0) is 12.7 Å². The van der Waals surface area contributed by atoms with Crippen molar-refractivity contribution in [1.29, 1.82) is 0 Å². The van der Waals surface area contributed by atoms with Crippen LogP contribution in [0.5, 0.6) is 0 Å². The first-order valence-electron chi connectivity index (χ1n) is 6.16. The molecule has 110 valence electrons. The number of esters is 2. The zero-order chi connectivity index (χ0) is 14.6. The van der Waals surface area contributed by atoms with E-state index in [9.17, 15) is 14.7 Å². The molecule has 1 heterocycles. The highest BCUT2D eigenvalue weighted by molar-refractivity contribution is 7.99. The third-order valence-electron chi connectivity index (χ3n) is 2.69. The second-order valence-corrected chi connectivity index (χ2v) is 5.68. The number of rotatable bonds is 4. The number of carbonyl (C=O) groups excluding carboxylic acids is 2. The van der Waals surface area contributed by atoms with Gasteiger partial charge in [-0.3, -0.25) is 9.59 Å². The molecule has 0 spiro atoms. The van der Waals surface area contributed by atoms with Gasteiger partial charge in [-0.2, -0.15) is 0 Å². The van der Waals surface area contributed by atoms with Crippen LogP contribution in [0, 0.1) is 0 Å². The van der Waals surface area contributed by atoms with Gasteiger partial charge in [0.15, 0.2) is 12.2 Å². The summed E-state index contributed by atoms with van der Waals surface area (Å²) < 4.78 is 15.8. The van der Waals surface area contributed by atoms with Crippen molar-refractivity contribution in [2.24, 2.45) is 0 Å². The lowest BCUT2D eigenvalue weighted by atomic mass is 10.0. The van der Waals surface area contributed by atoms with Crippen molar-refractivity contribution in [2.45, 2.75) is 57.5 Å². The summed E-state index contributed by atoms with van der Waals surface area (Å²) in [6, 6.07) is 0. The fraction of sp³-hybridized carbons (Fsp3) is 0.833. The van der Waals surface area contributed by atoms with Crippen LogP contribution in [0.1, 0.15) is 27.7 Å². The average Bonchev–Trinajstić information content (AvgIpc) is 2.29. The third kappa shape index (κ3) is 4.36. The van der Waals surface area contributed by atoms with Crippen LogP contribution < -0.4 is 0 Å². The van der Waals surface area contributed by atoms with Gasteiger partial charge >= 0.3 is 11.9 Å². The molecular weight excluding hydrogens is 272 g/mol. The van der Waals surface area contributed by atoms with Gasteiger partial charge in [0.05, 0.1) is 6.10 Å². The smallest absolute Gasteiger partial charge is 0.303 e. The van der Waals surface area contributed by atoms with Crippen LogP contribution >= 0.6 is 11.8 Å². The highest BCUT2D eigenvalue weighted by atomic mass is 32.2. The minimum absolute atomic E-state index is 0.458. The van der Waals surface area contributed by atoms with Crippen LogP contribution in [-0.2, 0) is 23.8 Å². The molecule has 0 radical (unpaired) electrons. The number of aliphatic hydroxyl groups is 1. The van der Waals surface area contributed by atoms with E-state index in [1.54, 1.807) is 6.92 Å². The van der Waals surface area contributed by atoms with Crippen molar-refractivity contribution >= 4 is 23.7 Å². The molecule has 0 aliphatic carbocycles. The summed E-state index contributed by atoms with van der Waals surface area (Å²) in [6.07, 6.45) is -3.20. The Labute approximate surface area is 116 Å². The summed E-state index contributed by atoms with van der Waals surface area (Å²) in [5, 5.41) is 10.2. The maximum atomic E-state index is 11.1. The quantitative estimate of drug-likeness (QED) is 0.764. The number of carbonyl (C=O) groups is 2. The Kier molecular flexibility index (Phi) is 6.09. The number of thioether (sulfide) groups is 1. The molecule has 1 N–H and O–H groups in total. The van der Waals surface area contributed by atoms with Gasteiger partial charge in [0, 0.05) is 13.8 Å². The zero-order valence-electron chi connectivity index (χ0n) is 11.5. The summed E-state index contributed by atoms with van der Waals surface area (Å²) in [6.45, 7) is 6.17. The van der Waals surface area contributed by atoms with Gasteiger partial charge in [-0.25, -0.2) is 0 Å². The fourth-order valence-electron chi connectivity index (χ4n) is 1.97. The van der Waals surface area contributed by atoms with Crippen LogP contribution in [0.4, 0.5) is 0 Å². The lowest BCUT2D eigenvalue weighted by Gasteiger charge is -2.42. The molecule has 19 heavy (non-hydrogen) atoms. The number of hydrogen-bond acceptors (Lipinski definition) is 7. The molecule has 0 saturated carbocycles. The van der Waals surface area contributed by atoms with Crippen molar-refractivity contribution in [3.8, 4) is 0 Å².